The molecule has 0 spiro atoms. The SMILES string of the molecule is CC[C@@]1(Cc2ccccc2)C(=O)N(C)N=C1CCCC(=O)[C@@H](COCc1ccccc1)NC(=O)C(C)C. The highest BCUT2D eigenvalue weighted by molar-refractivity contribution is 6.12. The molecule has 7 heteroatoms. The molecule has 1 aliphatic rings. The van der Waals surface area contributed by atoms with Crippen LogP contribution in [0.5, 0.6) is 0 Å². The summed E-state index contributed by atoms with van der Waals surface area (Å²) < 4.78 is 5.80. The lowest BCUT2D eigenvalue weighted by Crippen LogP contribution is -2.45. The molecule has 1 N–H and O–H groups in total. The van der Waals surface area contributed by atoms with Crippen molar-refractivity contribution in [2.24, 2.45) is 16.4 Å². The fourth-order valence-electron chi connectivity index (χ4n) is 4.67. The van der Waals surface area contributed by atoms with Crippen molar-refractivity contribution in [1.29, 1.82) is 0 Å². The Labute approximate surface area is 220 Å². The van der Waals surface area contributed by atoms with Gasteiger partial charge in [-0.3, -0.25) is 14.4 Å². The maximum atomic E-state index is 13.2. The maximum absolute atomic E-state index is 13.2. The molecule has 1 heterocycles. The standard InChI is InChI=1S/C30H39N3O4/c1-5-30(19-23-13-8-6-9-14-23)27(32-33(4)29(30)36)18-12-17-26(34)25(31-28(35)22(2)3)21-37-20-24-15-10-7-11-16-24/h6-11,13-16,22,25H,5,12,17-21H2,1-4H3,(H,31,35)/t25-,30+/m1/s1. The number of Topliss-reactive ketones (excluding diaryl/α,β-unsaturated/α-hetero) is 1. The average molecular weight is 506 g/mol. The molecule has 37 heavy (non-hydrogen) atoms. The van der Waals surface area contributed by atoms with Gasteiger partial charge in [0.05, 0.1) is 24.3 Å². The third-order valence-corrected chi connectivity index (χ3v) is 6.94. The van der Waals surface area contributed by atoms with Crippen molar-refractivity contribution in [3.8, 4) is 0 Å². The fraction of sp³-hybridized carbons (Fsp3) is 0.467. The van der Waals surface area contributed by atoms with Crippen LogP contribution < -0.4 is 5.32 Å². The minimum Gasteiger partial charge on any atom is -0.374 e. The summed E-state index contributed by atoms with van der Waals surface area (Å²) >= 11 is 0. The number of rotatable bonds is 14. The van der Waals surface area contributed by atoms with Gasteiger partial charge in [-0.25, -0.2) is 5.01 Å². The van der Waals surface area contributed by atoms with Crippen LogP contribution in [0.2, 0.25) is 0 Å². The summed E-state index contributed by atoms with van der Waals surface area (Å²) in [4.78, 5) is 38.7. The van der Waals surface area contributed by atoms with E-state index in [1.807, 2.05) is 67.6 Å². The van der Waals surface area contributed by atoms with Crippen LogP contribution >= 0.6 is 0 Å². The van der Waals surface area contributed by atoms with Crippen LogP contribution in [0.4, 0.5) is 0 Å². The van der Waals surface area contributed by atoms with Crippen LogP contribution in [-0.2, 0) is 32.1 Å². The zero-order chi connectivity index (χ0) is 26.8. The average Bonchev–Trinajstić information content (AvgIpc) is 3.13. The minimum absolute atomic E-state index is 0.00318. The summed E-state index contributed by atoms with van der Waals surface area (Å²) in [5, 5.41) is 8.87. The second-order valence-electron chi connectivity index (χ2n) is 10.0. The molecule has 3 rings (SSSR count). The highest BCUT2D eigenvalue weighted by Gasteiger charge is 2.48. The van der Waals surface area contributed by atoms with Gasteiger partial charge in [-0.05, 0) is 36.8 Å². The van der Waals surface area contributed by atoms with Crippen LogP contribution in [0.25, 0.3) is 0 Å². The molecule has 2 aromatic rings. The van der Waals surface area contributed by atoms with Crippen molar-refractivity contribution in [3.05, 3.63) is 71.8 Å². The van der Waals surface area contributed by atoms with Gasteiger partial charge in [-0.1, -0.05) is 81.4 Å². The molecule has 2 amide bonds. The van der Waals surface area contributed by atoms with Gasteiger partial charge >= 0.3 is 0 Å². The predicted octanol–water partition coefficient (Wildman–Crippen LogP) is 4.55. The first kappa shape index (κ1) is 28.3. The highest BCUT2D eigenvalue weighted by atomic mass is 16.5. The molecule has 7 nitrogen and oxygen atoms in total. The molecule has 2 aromatic carbocycles. The first-order valence-electron chi connectivity index (χ1n) is 13.1. The Bertz CT molecular complexity index is 1080. The van der Waals surface area contributed by atoms with Gasteiger partial charge in [-0.15, -0.1) is 0 Å². The second kappa shape index (κ2) is 13.3. The summed E-state index contributed by atoms with van der Waals surface area (Å²) in [6.07, 6.45) is 2.57. The lowest BCUT2D eigenvalue weighted by Gasteiger charge is -2.28. The van der Waals surface area contributed by atoms with Crippen molar-refractivity contribution in [2.75, 3.05) is 13.7 Å². The third-order valence-electron chi connectivity index (χ3n) is 6.94. The Hall–Kier alpha value is -3.32. The largest absolute Gasteiger partial charge is 0.374 e. The number of amides is 2. The predicted molar refractivity (Wildman–Crippen MR) is 145 cm³/mol. The van der Waals surface area contributed by atoms with E-state index in [4.69, 9.17) is 4.74 Å². The summed E-state index contributed by atoms with van der Waals surface area (Å²) in [7, 11) is 1.69. The summed E-state index contributed by atoms with van der Waals surface area (Å²) in [6, 6.07) is 19.0. The number of ether oxygens (including phenoxy) is 1. The van der Waals surface area contributed by atoms with Gasteiger partial charge in [0, 0.05) is 19.4 Å². The minimum atomic E-state index is -0.714. The Morgan fingerprint density at radius 1 is 1.03 bits per heavy atom. The first-order valence-corrected chi connectivity index (χ1v) is 13.1. The van der Waals surface area contributed by atoms with Crippen LogP contribution in [0.15, 0.2) is 65.8 Å². The zero-order valence-corrected chi connectivity index (χ0v) is 22.4. The summed E-state index contributed by atoms with van der Waals surface area (Å²) in [6.45, 7) is 6.09. The molecular formula is C30H39N3O4. The van der Waals surface area contributed by atoms with E-state index in [1.165, 1.54) is 5.01 Å². The number of hydrogen-bond acceptors (Lipinski definition) is 5. The van der Waals surface area contributed by atoms with E-state index in [9.17, 15) is 14.4 Å². The number of hydrazone groups is 1. The van der Waals surface area contributed by atoms with Crippen molar-refractivity contribution >= 4 is 23.3 Å². The van der Waals surface area contributed by atoms with Crippen LogP contribution in [0.1, 0.15) is 57.6 Å². The molecule has 0 fully saturated rings. The lowest BCUT2D eigenvalue weighted by molar-refractivity contribution is -0.135. The van der Waals surface area contributed by atoms with E-state index in [0.717, 1.165) is 16.8 Å². The topological polar surface area (TPSA) is 88.1 Å². The van der Waals surface area contributed by atoms with Gasteiger partial charge in [0.2, 0.25) is 5.91 Å². The Morgan fingerprint density at radius 3 is 2.24 bits per heavy atom. The molecule has 1 aliphatic heterocycles. The number of ketones is 1. The van der Waals surface area contributed by atoms with Crippen molar-refractivity contribution < 1.29 is 19.1 Å². The van der Waals surface area contributed by atoms with E-state index in [1.54, 1.807) is 20.9 Å². The van der Waals surface area contributed by atoms with Crippen molar-refractivity contribution in [2.45, 2.75) is 65.5 Å². The Kier molecular flexibility index (Phi) is 10.1. The number of hydrogen-bond donors (Lipinski definition) is 1. The van der Waals surface area contributed by atoms with E-state index >= 15 is 0 Å². The molecule has 2 atom stereocenters. The van der Waals surface area contributed by atoms with Crippen LogP contribution in [0.3, 0.4) is 0 Å². The molecule has 0 aliphatic carbocycles. The lowest BCUT2D eigenvalue weighted by atomic mass is 9.73. The van der Waals surface area contributed by atoms with Crippen LogP contribution in [-0.4, -0.2) is 48.0 Å². The molecule has 0 saturated carbocycles. The highest BCUT2D eigenvalue weighted by Crippen LogP contribution is 2.37. The number of nitrogens with one attached hydrogen (secondary N) is 1. The smallest absolute Gasteiger partial charge is 0.254 e. The second-order valence-corrected chi connectivity index (χ2v) is 10.0. The monoisotopic (exact) mass is 505 g/mol. The quantitative estimate of drug-likeness (QED) is 0.408. The van der Waals surface area contributed by atoms with Crippen LogP contribution in [0, 0.1) is 11.3 Å². The number of benzene rings is 2. The van der Waals surface area contributed by atoms with Crippen molar-refractivity contribution in [1.82, 2.24) is 10.3 Å². The van der Waals surface area contributed by atoms with Crippen molar-refractivity contribution in [3.63, 3.8) is 0 Å². The zero-order valence-electron chi connectivity index (χ0n) is 22.4. The van der Waals surface area contributed by atoms with Gasteiger partial charge < -0.3 is 10.1 Å². The summed E-state index contributed by atoms with van der Waals surface area (Å²) in [5.41, 5.74) is 2.22. The molecule has 0 saturated heterocycles. The van der Waals surface area contributed by atoms with E-state index in [-0.39, 0.29) is 36.5 Å². The third kappa shape index (κ3) is 7.35. The molecule has 198 valence electrons. The Balaban J connectivity index is 1.63. The number of carbonyl (C=O) groups excluding carboxylic acids is 3. The van der Waals surface area contributed by atoms with E-state index < -0.39 is 11.5 Å². The van der Waals surface area contributed by atoms with Gasteiger partial charge in [0.15, 0.2) is 5.78 Å². The molecule has 0 unspecified atom stereocenters. The fourth-order valence-corrected chi connectivity index (χ4v) is 4.67. The molecule has 0 radical (unpaired) electrons. The number of carbonyl (C=O) groups is 3. The van der Waals surface area contributed by atoms with Gasteiger partial charge in [0.25, 0.3) is 5.91 Å². The Morgan fingerprint density at radius 2 is 1.65 bits per heavy atom. The summed E-state index contributed by atoms with van der Waals surface area (Å²) in [5.74, 6) is -0.494. The maximum Gasteiger partial charge on any atom is 0.254 e. The first-order chi connectivity index (χ1) is 17.8. The number of nitrogens with zero attached hydrogens (tertiary/aromatic N) is 2. The van der Waals surface area contributed by atoms with Gasteiger partial charge in [-0.2, -0.15) is 5.10 Å². The van der Waals surface area contributed by atoms with Gasteiger partial charge in [0.1, 0.15) is 6.04 Å². The molecule has 0 aromatic heterocycles. The normalized spacial score (nSPS) is 18.1. The van der Waals surface area contributed by atoms with E-state index in [0.29, 0.717) is 32.3 Å². The van der Waals surface area contributed by atoms with E-state index in [2.05, 4.69) is 10.4 Å². The molecule has 0 bridgehead atoms. The molecular weight excluding hydrogens is 466 g/mol.